The van der Waals surface area contributed by atoms with Crippen molar-refractivity contribution in [2.75, 3.05) is 39.3 Å². The van der Waals surface area contributed by atoms with Crippen molar-refractivity contribution in [3.05, 3.63) is 65.2 Å². The number of hydrogen-bond donors (Lipinski definition) is 4. The van der Waals surface area contributed by atoms with Gasteiger partial charge in [-0.2, -0.15) is 0 Å². The molecule has 0 aliphatic carbocycles. The van der Waals surface area contributed by atoms with Gasteiger partial charge in [0.25, 0.3) is 0 Å². The number of carboxylic acids is 4. The number of rotatable bonds is 7. The largest absolute Gasteiger partial charge is 0.473 e. The number of carbonyl (C=O) groups is 5. The van der Waals surface area contributed by atoms with Crippen LogP contribution in [0.25, 0.3) is 10.2 Å². The Bertz CT molecular complexity index is 1270. The lowest BCUT2D eigenvalue weighted by molar-refractivity contribution is -0.159. The second-order valence-corrected chi connectivity index (χ2v) is 10.0. The lowest BCUT2D eigenvalue weighted by Crippen LogP contribution is -2.51. The molecule has 1 aliphatic rings. The molecule has 4 rings (SSSR count). The number of aromatic nitrogens is 1. The van der Waals surface area contributed by atoms with E-state index in [0.29, 0.717) is 0 Å². The minimum atomic E-state index is -1.82. The maximum Gasteiger partial charge on any atom is 0.414 e. The van der Waals surface area contributed by atoms with Gasteiger partial charge in [0.2, 0.25) is 5.91 Å². The topological polar surface area (TPSA) is 189 Å². The number of carbonyl (C=O) groups excluding carboxylic acids is 1. The van der Waals surface area contributed by atoms with E-state index in [-0.39, 0.29) is 11.9 Å². The number of amides is 1. The summed E-state index contributed by atoms with van der Waals surface area (Å²) in [5.41, 5.74) is 2.18. The Balaban J connectivity index is 0.000000434. The van der Waals surface area contributed by atoms with Gasteiger partial charge in [-0.05, 0) is 31.5 Å². The maximum atomic E-state index is 13.3. The number of para-hydroxylation sites is 1. The van der Waals surface area contributed by atoms with Crippen LogP contribution < -0.4 is 0 Å². The lowest BCUT2D eigenvalue weighted by Gasteiger charge is -2.40. The molecule has 1 aliphatic heterocycles. The summed E-state index contributed by atoms with van der Waals surface area (Å²) in [7, 11) is 0. The molecule has 13 nitrogen and oxygen atoms in total. The number of likely N-dealkylation sites (N-methyl/N-ethyl adjacent to an activating group) is 1. The van der Waals surface area contributed by atoms with E-state index >= 15 is 0 Å². The Hall–Kier alpha value is -4.40. The van der Waals surface area contributed by atoms with Crippen LogP contribution in [-0.4, -0.2) is 109 Å². The van der Waals surface area contributed by atoms with Crippen LogP contribution >= 0.6 is 11.3 Å². The van der Waals surface area contributed by atoms with Gasteiger partial charge in [-0.25, -0.2) is 24.2 Å². The standard InChI is InChI=1S/C24H30N4OS.2C2H2O4/c1-3-27(4-2)24(29)23(19-10-6-5-7-11-19)28-16-14-26(15-17-28)18-22-25-20-12-8-9-13-21(20)30-22;2*3-1(4)2(5)6/h5-13,23H,3-4,14-18H2,1-2H3;2*(H,3,4)(H,5,6). The molecule has 3 aromatic rings. The quantitative estimate of drug-likeness (QED) is 0.289. The Morgan fingerprint density at radius 2 is 1.29 bits per heavy atom. The molecule has 14 heteroatoms. The van der Waals surface area contributed by atoms with Gasteiger partial charge in [0.05, 0.1) is 16.8 Å². The molecule has 4 N–H and O–H groups in total. The zero-order valence-electron chi connectivity index (χ0n) is 23.3. The van der Waals surface area contributed by atoms with Crippen LogP contribution in [0.3, 0.4) is 0 Å². The third-order valence-electron chi connectivity index (χ3n) is 6.26. The highest BCUT2D eigenvalue weighted by Gasteiger charge is 2.32. The fourth-order valence-corrected chi connectivity index (χ4v) is 5.22. The normalized spacial score (nSPS) is 14.0. The molecule has 1 fully saturated rings. The van der Waals surface area contributed by atoms with Crippen LogP contribution in [0.5, 0.6) is 0 Å². The molecule has 1 unspecified atom stereocenters. The van der Waals surface area contributed by atoms with E-state index in [1.54, 1.807) is 11.3 Å². The first kappa shape index (κ1) is 33.8. The van der Waals surface area contributed by atoms with Gasteiger partial charge in [-0.15, -0.1) is 11.3 Å². The number of benzene rings is 2. The molecule has 1 atom stereocenters. The predicted molar refractivity (Wildman–Crippen MR) is 154 cm³/mol. The number of fused-ring (bicyclic) bond motifs is 1. The van der Waals surface area contributed by atoms with Gasteiger partial charge in [0, 0.05) is 39.3 Å². The Morgan fingerprint density at radius 3 is 1.76 bits per heavy atom. The molecule has 0 spiro atoms. The van der Waals surface area contributed by atoms with E-state index in [4.69, 9.17) is 44.6 Å². The van der Waals surface area contributed by atoms with Crippen LogP contribution in [0, 0.1) is 0 Å². The molecule has 1 saturated heterocycles. The van der Waals surface area contributed by atoms with E-state index in [0.717, 1.165) is 56.9 Å². The van der Waals surface area contributed by atoms with Crippen molar-refractivity contribution in [1.29, 1.82) is 0 Å². The Labute approximate surface area is 246 Å². The van der Waals surface area contributed by atoms with Crippen LogP contribution in [0.2, 0.25) is 0 Å². The third-order valence-corrected chi connectivity index (χ3v) is 7.28. The van der Waals surface area contributed by atoms with Crippen molar-refractivity contribution >= 4 is 51.3 Å². The van der Waals surface area contributed by atoms with E-state index in [2.05, 4.69) is 54.0 Å². The zero-order valence-corrected chi connectivity index (χ0v) is 24.1. The minimum Gasteiger partial charge on any atom is -0.473 e. The Morgan fingerprint density at radius 1 is 0.786 bits per heavy atom. The average molecular weight is 603 g/mol. The molecule has 0 radical (unpaired) electrons. The van der Waals surface area contributed by atoms with Crippen molar-refractivity contribution in [3.8, 4) is 0 Å². The van der Waals surface area contributed by atoms with Crippen molar-refractivity contribution in [2.24, 2.45) is 0 Å². The summed E-state index contributed by atoms with van der Waals surface area (Å²) < 4.78 is 1.25. The van der Waals surface area contributed by atoms with Gasteiger partial charge in [0.15, 0.2) is 0 Å². The number of nitrogens with zero attached hydrogens (tertiary/aromatic N) is 4. The fourth-order valence-electron chi connectivity index (χ4n) is 4.21. The van der Waals surface area contributed by atoms with Crippen LogP contribution in [-0.2, 0) is 30.5 Å². The number of hydrogen-bond acceptors (Lipinski definition) is 9. The zero-order chi connectivity index (χ0) is 31.2. The molecule has 226 valence electrons. The summed E-state index contributed by atoms with van der Waals surface area (Å²) in [6.07, 6.45) is 0. The second-order valence-electron chi connectivity index (χ2n) is 8.93. The monoisotopic (exact) mass is 602 g/mol. The van der Waals surface area contributed by atoms with Crippen LogP contribution in [0.4, 0.5) is 0 Å². The number of carboxylic acid groups (broad SMARTS) is 4. The minimum absolute atomic E-state index is 0.198. The Kier molecular flexibility index (Phi) is 13.5. The molecule has 0 bridgehead atoms. The summed E-state index contributed by atoms with van der Waals surface area (Å²) in [5, 5.41) is 30.7. The van der Waals surface area contributed by atoms with E-state index in [1.807, 2.05) is 29.2 Å². The van der Waals surface area contributed by atoms with Crippen molar-refractivity contribution in [2.45, 2.75) is 26.4 Å². The summed E-state index contributed by atoms with van der Waals surface area (Å²) in [6.45, 7) is 10.2. The molecule has 0 saturated carbocycles. The highest BCUT2D eigenvalue weighted by Crippen LogP contribution is 2.27. The number of thiazole rings is 1. The molecule has 2 aromatic carbocycles. The van der Waals surface area contributed by atoms with Gasteiger partial charge in [-0.3, -0.25) is 14.6 Å². The smallest absolute Gasteiger partial charge is 0.414 e. The molecular formula is C28H34N4O9S. The van der Waals surface area contributed by atoms with Gasteiger partial charge in [-0.1, -0.05) is 42.5 Å². The van der Waals surface area contributed by atoms with Crippen LogP contribution in [0.15, 0.2) is 54.6 Å². The van der Waals surface area contributed by atoms with E-state index in [1.165, 1.54) is 9.71 Å². The van der Waals surface area contributed by atoms with Crippen LogP contribution in [0.1, 0.15) is 30.5 Å². The molecule has 1 amide bonds. The number of aliphatic carboxylic acids is 4. The molecule has 1 aromatic heterocycles. The highest BCUT2D eigenvalue weighted by atomic mass is 32.1. The summed E-state index contributed by atoms with van der Waals surface area (Å²) in [4.78, 5) is 61.3. The van der Waals surface area contributed by atoms with Crippen molar-refractivity contribution in [1.82, 2.24) is 19.7 Å². The first-order valence-electron chi connectivity index (χ1n) is 13.0. The van der Waals surface area contributed by atoms with Crippen molar-refractivity contribution in [3.63, 3.8) is 0 Å². The highest BCUT2D eigenvalue weighted by molar-refractivity contribution is 7.18. The fraction of sp³-hybridized carbons (Fsp3) is 0.357. The maximum absolute atomic E-state index is 13.3. The SMILES string of the molecule is CCN(CC)C(=O)C(c1ccccc1)N1CCN(Cc2nc3ccccc3s2)CC1.O=C(O)C(=O)O.O=C(O)C(=O)O. The lowest BCUT2D eigenvalue weighted by atomic mass is 10.0. The first-order valence-corrected chi connectivity index (χ1v) is 13.9. The van der Waals surface area contributed by atoms with E-state index in [9.17, 15) is 4.79 Å². The number of piperazine rings is 1. The third kappa shape index (κ3) is 10.2. The second kappa shape index (κ2) is 16.8. The summed E-state index contributed by atoms with van der Waals surface area (Å²) in [6, 6.07) is 18.4. The molecule has 42 heavy (non-hydrogen) atoms. The summed E-state index contributed by atoms with van der Waals surface area (Å²) >= 11 is 1.78. The van der Waals surface area contributed by atoms with Gasteiger partial charge >= 0.3 is 23.9 Å². The predicted octanol–water partition coefficient (Wildman–Crippen LogP) is 2.33. The first-order chi connectivity index (χ1) is 20.0. The van der Waals surface area contributed by atoms with E-state index < -0.39 is 23.9 Å². The van der Waals surface area contributed by atoms with Crippen molar-refractivity contribution < 1.29 is 44.4 Å². The van der Waals surface area contributed by atoms with Gasteiger partial charge in [0.1, 0.15) is 11.0 Å². The molecule has 2 heterocycles. The van der Waals surface area contributed by atoms with Gasteiger partial charge < -0.3 is 25.3 Å². The average Bonchev–Trinajstić information content (AvgIpc) is 3.38. The summed E-state index contributed by atoms with van der Waals surface area (Å²) in [5.74, 6) is -7.08. The molecular weight excluding hydrogens is 568 g/mol.